The number of alkyl halides is 1. The summed E-state index contributed by atoms with van der Waals surface area (Å²) in [5.41, 5.74) is 0.941. The number of nitrogens with zero attached hydrogens (tertiary/aromatic N) is 1. The predicted molar refractivity (Wildman–Crippen MR) is 91.4 cm³/mol. The number of methoxy groups -OCH3 is 1. The molecule has 0 unspecified atom stereocenters. The van der Waals surface area contributed by atoms with Crippen LogP contribution < -0.4 is 0 Å². The Morgan fingerprint density at radius 2 is 1.72 bits per heavy atom. The van der Waals surface area contributed by atoms with E-state index in [1.54, 1.807) is 0 Å². The number of likely N-dealkylation sites (tertiary alicyclic amines) is 1. The van der Waals surface area contributed by atoms with E-state index in [0.29, 0.717) is 5.88 Å². The average molecular weight is 372 g/mol. The summed E-state index contributed by atoms with van der Waals surface area (Å²) < 4.78 is 4.94. The molecule has 1 aromatic carbocycles. The van der Waals surface area contributed by atoms with Crippen LogP contribution in [-0.4, -0.2) is 59.1 Å². The molecule has 0 aliphatic carbocycles. The van der Waals surface area contributed by atoms with Crippen LogP contribution in [0.1, 0.15) is 18.4 Å². The molecule has 0 bridgehead atoms. The van der Waals surface area contributed by atoms with Crippen molar-refractivity contribution in [2.24, 2.45) is 5.41 Å². The highest BCUT2D eigenvalue weighted by Gasteiger charge is 2.49. The number of ether oxygens (including phenoxy) is 1. The summed E-state index contributed by atoms with van der Waals surface area (Å²) >= 11 is 5.74. The minimum Gasteiger partial charge on any atom is -0.473 e. The Morgan fingerprint density at radius 1 is 1.16 bits per heavy atom. The van der Waals surface area contributed by atoms with Gasteiger partial charge in [-0.1, -0.05) is 30.3 Å². The summed E-state index contributed by atoms with van der Waals surface area (Å²) in [5.74, 6) is -3.15. The molecule has 25 heavy (non-hydrogen) atoms. The maximum atomic E-state index is 11.9. The summed E-state index contributed by atoms with van der Waals surface area (Å²) in [6.07, 6.45) is 1.67. The summed E-state index contributed by atoms with van der Waals surface area (Å²) in [5, 5.41) is 14.8. The van der Waals surface area contributed by atoms with Crippen molar-refractivity contribution in [3.05, 3.63) is 35.9 Å². The third kappa shape index (κ3) is 6.36. The van der Waals surface area contributed by atoms with E-state index in [9.17, 15) is 4.79 Å². The first kappa shape index (κ1) is 20.9. The van der Waals surface area contributed by atoms with Gasteiger partial charge < -0.3 is 14.9 Å². The summed E-state index contributed by atoms with van der Waals surface area (Å²) in [6.45, 7) is 2.43. The summed E-state index contributed by atoms with van der Waals surface area (Å²) in [7, 11) is 1.46. The molecule has 1 aromatic rings. The van der Waals surface area contributed by atoms with Gasteiger partial charge in [-0.3, -0.25) is 9.69 Å². The number of carbonyl (C=O) groups excluding carboxylic acids is 1. The van der Waals surface area contributed by atoms with E-state index in [1.807, 2.05) is 18.2 Å². The third-order valence-corrected chi connectivity index (χ3v) is 4.16. The van der Waals surface area contributed by atoms with E-state index < -0.39 is 11.9 Å². The molecule has 0 amide bonds. The van der Waals surface area contributed by atoms with Crippen LogP contribution in [0, 0.1) is 5.41 Å². The maximum absolute atomic E-state index is 11.9. The predicted octanol–water partition coefficient (Wildman–Crippen LogP) is 1.84. The fourth-order valence-corrected chi connectivity index (χ4v) is 2.91. The number of esters is 1. The zero-order chi connectivity index (χ0) is 18.9. The Balaban J connectivity index is 0.000000450. The van der Waals surface area contributed by atoms with Crippen molar-refractivity contribution in [1.82, 2.24) is 4.90 Å². The van der Waals surface area contributed by atoms with Crippen molar-refractivity contribution in [1.29, 1.82) is 0 Å². The first-order chi connectivity index (χ1) is 11.8. The zero-order valence-electron chi connectivity index (χ0n) is 14.0. The number of carboxylic acids is 2. The van der Waals surface area contributed by atoms with Crippen LogP contribution in [0.4, 0.5) is 0 Å². The number of carbonyl (C=O) groups is 3. The van der Waals surface area contributed by atoms with Crippen LogP contribution in [0.25, 0.3) is 0 Å². The minimum absolute atomic E-state index is 0.0954. The Kier molecular flexibility index (Phi) is 8.37. The lowest BCUT2D eigenvalue weighted by Gasteiger charge is -2.48. The van der Waals surface area contributed by atoms with Gasteiger partial charge in [0.25, 0.3) is 0 Å². The minimum atomic E-state index is -1.82. The normalized spacial score (nSPS) is 15.3. The number of rotatable bonds is 6. The first-order valence-corrected chi connectivity index (χ1v) is 8.25. The van der Waals surface area contributed by atoms with E-state index in [-0.39, 0.29) is 11.4 Å². The molecule has 2 N–H and O–H groups in total. The Hall–Kier alpha value is -2.12. The van der Waals surface area contributed by atoms with Crippen LogP contribution in [0.15, 0.2) is 30.3 Å². The van der Waals surface area contributed by atoms with Crippen LogP contribution in [-0.2, 0) is 25.7 Å². The molecular weight excluding hydrogens is 350 g/mol. The lowest BCUT2D eigenvalue weighted by Crippen LogP contribution is -2.60. The van der Waals surface area contributed by atoms with Crippen LogP contribution in [0.3, 0.4) is 0 Å². The van der Waals surface area contributed by atoms with Gasteiger partial charge in [0.2, 0.25) is 0 Å². The largest absolute Gasteiger partial charge is 0.473 e. The highest BCUT2D eigenvalue weighted by atomic mass is 35.5. The highest BCUT2D eigenvalue weighted by Crippen LogP contribution is 2.37. The second-order valence-corrected chi connectivity index (χ2v) is 6.18. The van der Waals surface area contributed by atoms with Crippen molar-refractivity contribution in [3.63, 3.8) is 0 Å². The topological polar surface area (TPSA) is 104 Å². The van der Waals surface area contributed by atoms with Crippen molar-refractivity contribution < 1.29 is 29.3 Å². The molecule has 8 heteroatoms. The van der Waals surface area contributed by atoms with Gasteiger partial charge in [0.15, 0.2) is 0 Å². The molecule has 138 valence electrons. The molecular formula is C17H22ClNO6. The second-order valence-electron chi connectivity index (χ2n) is 5.81. The molecule has 0 saturated carbocycles. The van der Waals surface area contributed by atoms with E-state index in [2.05, 4.69) is 17.0 Å². The highest BCUT2D eigenvalue weighted by molar-refractivity contribution is 6.27. The molecule has 1 fully saturated rings. The quantitative estimate of drug-likeness (QED) is 0.446. The molecule has 1 aliphatic rings. The molecule has 2 rings (SSSR count). The first-order valence-electron chi connectivity index (χ1n) is 7.71. The third-order valence-electron chi connectivity index (χ3n) is 3.89. The molecule has 0 radical (unpaired) electrons. The molecule has 1 heterocycles. The lowest BCUT2D eigenvalue weighted by molar-refractivity contribution is -0.166. The SMILES string of the molecule is COC(=O)C1(CCCCl)CN(Cc2ccccc2)C1.O=C(O)C(=O)O. The van der Waals surface area contributed by atoms with E-state index in [0.717, 1.165) is 32.5 Å². The van der Waals surface area contributed by atoms with Gasteiger partial charge in [0, 0.05) is 25.5 Å². The van der Waals surface area contributed by atoms with E-state index in [1.165, 1.54) is 12.7 Å². The Morgan fingerprint density at radius 3 is 2.16 bits per heavy atom. The van der Waals surface area contributed by atoms with Crippen molar-refractivity contribution in [2.45, 2.75) is 19.4 Å². The Labute approximate surface area is 151 Å². The molecule has 0 atom stereocenters. The number of carboxylic acid groups (broad SMARTS) is 2. The number of halogens is 1. The Bertz CT molecular complexity index is 574. The monoisotopic (exact) mass is 371 g/mol. The zero-order valence-corrected chi connectivity index (χ0v) is 14.7. The lowest BCUT2D eigenvalue weighted by atomic mass is 9.76. The van der Waals surface area contributed by atoms with Gasteiger partial charge in [-0.05, 0) is 18.4 Å². The fourth-order valence-electron chi connectivity index (χ4n) is 2.77. The van der Waals surface area contributed by atoms with Gasteiger partial charge in [0.1, 0.15) is 0 Å². The number of aliphatic carboxylic acids is 2. The fraction of sp³-hybridized carbons (Fsp3) is 0.471. The number of hydrogen-bond acceptors (Lipinski definition) is 5. The van der Waals surface area contributed by atoms with Gasteiger partial charge in [-0.25, -0.2) is 9.59 Å². The summed E-state index contributed by atoms with van der Waals surface area (Å²) in [4.78, 5) is 32.4. The second kappa shape index (κ2) is 10.0. The van der Waals surface area contributed by atoms with Gasteiger partial charge >= 0.3 is 17.9 Å². The molecule has 0 spiro atoms. The molecule has 0 aromatic heterocycles. The summed E-state index contributed by atoms with van der Waals surface area (Å²) in [6, 6.07) is 10.3. The van der Waals surface area contributed by atoms with Crippen molar-refractivity contribution in [2.75, 3.05) is 26.1 Å². The van der Waals surface area contributed by atoms with E-state index in [4.69, 9.17) is 36.1 Å². The van der Waals surface area contributed by atoms with Crippen molar-refractivity contribution >= 4 is 29.5 Å². The molecule has 7 nitrogen and oxygen atoms in total. The van der Waals surface area contributed by atoms with Gasteiger partial charge in [-0.2, -0.15) is 0 Å². The van der Waals surface area contributed by atoms with E-state index >= 15 is 0 Å². The maximum Gasteiger partial charge on any atom is 0.414 e. The van der Waals surface area contributed by atoms with Crippen LogP contribution >= 0.6 is 11.6 Å². The average Bonchev–Trinajstić information content (AvgIpc) is 2.57. The number of benzene rings is 1. The smallest absolute Gasteiger partial charge is 0.414 e. The standard InChI is InChI=1S/C15H20ClNO2.C2H2O4/c1-19-14(18)15(8-5-9-16)11-17(12-15)10-13-6-3-2-4-7-13;3-1(4)2(5)6/h2-4,6-7H,5,8-12H2,1H3;(H,3,4)(H,5,6). The molecule has 1 aliphatic heterocycles. The molecule has 1 saturated heterocycles. The van der Waals surface area contributed by atoms with Crippen molar-refractivity contribution in [3.8, 4) is 0 Å². The number of hydrogen-bond donors (Lipinski definition) is 2. The van der Waals surface area contributed by atoms with Gasteiger partial charge in [0.05, 0.1) is 12.5 Å². The van der Waals surface area contributed by atoms with Crippen LogP contribution in [0.5, 0.6) is 0 Å². The van der Waals surface area contributed by atoms with Gasteiger partial charge in [-0.15, -0.1) is 11.6 Å². The van der Waals surface area contributed by atoms with Crippen LogP contribution in [0.2, 0.25) is 0 Å².